The van der Waals surface area contributed by atoms with Crippen LogP contribution in [0.5, 0.6) is 5.75 Å². The minimum atomic E-state index is -0.192. The van der Waals surface area contributed by atoms with Crippen molar-refractivity contribution in [1.82, 2.24) is 0 Å². The standard InChI is InChI=1S/C29H41BrO4/c1-19(31)34-26-14-13-25-27-22(15-16-29(25,26)2)21-12-11-20(32)18-24(21)28(33)23(27)10-8-6-4-3-5-7-9-17-30/h11-12,18,22-23,25-27,32H,3-10,13-17H2,1-2H3/t22-,23+,25+,26+,27+,29+/m1/s1. The lowest BCUT2D eigenvalue weighted by molar-refractivity contribution is -0.155. The number of hydrogen-bond donors (Lipinski definition) is 1. The van der Waals surface area contributed by atoms with Crippen molar-refractivity contribution in [2.45, 2.75) is 103 Å². The molecular weight excluding hydrogens is 492 g/mol. The average molecular weight is 534 g/mol. The van der Waals surface area contributed by atoms with Gasteiger partial charge in [0.2, 0.25) is 0 Å². The zero-order valence-electron chi connectivity index (χ0n) is 20.9. The summed E-state index contributed by atoms with van der Waals surface area (Å²) >= 11 is 3.50. The number of esters is 1. The van der Waals surface area contributed by atoms with E-state index < -0.39 is 0 Å². The van der Waals surface area contributed by atoms with E-state index in [-0.39, 0.29) is 34.9 Å². The van der Waals surface area contributed by atoms with E-state index in [2.05, 4.69) is 22.9 Å². The maximum Gasteiger partial charge on any atom is 0.302 e. The van der Waals surface area contributed by atoms with Crippen molar-refractivity contribution in [2.75, 3.05) is 5.33 Å². The van der Waals surface area contributed by atoms with E-state index in [4.69, 9.17) is 4.74 Å². The third-order valence-corrected chi connectivity index (χ3v) is 9.77. The topological polar surface area (TPSA) is 63.6 Å². The highest BCUT2D eigenvalue weighted by Gasteiger charge is 2.59. The van der Waals surface area contributed by atoms with Crippen LogP contribution in [0.2, 0.25) is 0 Å². The molecule has 4 rings (SSSR count). The molecule has 5 heteroatoms. The van der Waals surface area contributed by atoms with Crippen molar-refractivity contribution < 1.29 is 19.4 Å². The molecule has 1 aromatic carbocycles. The first kappa shape index (κ1) is 25.7. The number of carbonyl (C=O) groups is 2. The van der Waals surface area contributed by atoms with Crippen LogP contribution < -0.4 is 0 Å². The summed E-state index contributed by atoms with van der Waals surface area (Å²) in [6.07, 6.45) is 13.5. The van der Waals surface area contributed by atoms with Crippen LogP contribution in [0, 0.1) is 23.2 Å². The van der Waals surface area contributed by atoms with Crippen LogP contribution in [-0.4, -0.2) is 28.3 Å². The summed E-state index contributed by atoms with van der Waals surface area (Å²) in [5, 5.41) is 11.2. The van der Waals surface area contributed by atoms with Gasteiger partial charge in [-0.05, 0) is 74.0 Å². The Bertz CT molecular complexity index is 883. The quantitative estimate of drug-likeness (QED) is 0.192. The number of aromatic hydroxyl groups is 1. The summed E-state index contributed by atoms with van der Waals surface area (Å²) in [4.78, 5) is 25.6. The summed E-state index contributed by atoms with van der Waals surface area (Å²) in [5.41, 5.74) is 1.84. The zero-order chi connectivity index (χ0) is 24.3. The van der Waals surface area contributed by atoms with Gasteiger partial charge < -0.3 is 9.84 Å². The van der Waals surface area contributed by atoms with Crippen molar-refractivity contribution in [3.8, 4) is 5.75 Å². The largest absolute Gasteiger partial charge is 0.508 e. The molecule has 0 saturated heterocycles. The lowest BCUT2D eigenvalue weighted by Gasteiger charge is -2.52. The highest BCUT2D eigenvalue weighted by atomic mass is 79.9. The first-order valence-electron chi connectivity index (χ1n) is 13.5. The Morgan fingerprint density at radius 1 is 1.09 bits per heavy atom. The fourth-order valence-electron chi connectivity index (χ4n) is 7.59. The van der Waals surface area contributed by atoms with Crippen molar-refractivity contribution in [3.05, 3.63) is 29.3 Å². The lowest BCUT2D eigenvalue weighted by Crippen LogP contribution is -2.49. The van der Waals surface area contributed by atoms with Gasteiger partial charge in [0.25, 0.3) is 0 Å². The number of halogens is 1. The average Bonchev–Trinajstić information content (AvgIpc) is 3.13. The van der Waals surface area contributed by atoms with Gasteiger partial charge in [-0.15, -0.1) is 0 Å². The molecule has 0 heterocycles. The Morgan fingerprint density at radius 3 is 2.50 bits per heavy atom. The maximum absolute atomic E-state index is 13.8. The highest BCUT2D eigenvalue weighted by molar-refractivity contribution is 9.09. The molecule has 1 aromatic rings. The molecule has 6 atom stereocenters. The molecule has 4 nitrogen and oxygen atoms in total. The number of fused-ring (bicyclic) bond motifs is 5. The molecule has 3 aliphatic rings. The number of ketones is 1. The smallest absolute Gasteiger partial charge is 0.302 e. The third-order valence-electron chi connectivity index (χ3n) is 9.21. The third kappa shape index (κ3) is 5.10. The molecule has 1 N–H and O–H groups in total. The van der Waals surface area contributed by atoms with Crippen LogP contribution in [-0.2, 0) is 9.53 Å². The zero-order valence-corrected chi connectivity index (χ0v) is 22.4. The van der Waals surface area contributed by atoms with Gasteiger partial charge in [-0.25, -0.2) is 0 Å². The van der Waals surface area contributed by atoms with Crippen molar-refractivity contribution in [1.29, 1.82) is 0 Å². The molecular formula is C29H41BrO4. The minimum Gasteiger partial charge on any atom is -0.508 e. The molecule has 0 radical (unpaired) electrons. The van der Waals surface area contributed by atoms with Gasteiger partial charge in [-0.2, -0.15) is 0 Å². The number of unbranched alkanes of at least 4 members (excludes halogenated alkanes) is 6. The van der Waals surface area contributed by atoms with Crippen molar-refractivity contribution in [2.24, 2.45) is 23.2 Å². The van der Waals surface area contributed by atoms with Gasteiger partial charge >= 0.3 is 5.97 Å². The minimum absolute atomic E-state index is 0.00778. The van der Waals surface area contributed by atoms with Gasteiger partial charge in [0.05, 0.1) is 0 Å². The molecule has 3 aliphatic carbocycles. The molecule has 2 saturated carbocycles. The Hall–Kier alpha value is -1.36. The lowest BCUT2D eigenvalue weighted by atomic mass is 9.51. The summed E-state index contributed by atoms with van der Waals surface area (Å²) in [7, 11) is 0. The second-order valence-corrected chi connectivity index (χ2v) is 12.0. The van der Waals surface area contributed by atoms with E-state index >= 15 is 0 Å². The molecule has 34 heavy (non-hydrogen) atoms. The SMILES string of the molecule is CC(=O)O[C@H]1CC[C@H]2[C@@H]3[C@H](CCCCCCCCCBr)C(=O)c4cc(O)ccc4[C@H]3CC[C@]12C. The normalized spacial score (nSPS) is 32.1. The van der Waals surface area contributed by atoms with Crippen molar-refractivity contribution >= 4 is 27.7 Å². The molecule has 0 aromatic heterocycles. The van der Waals surface area contributed by atoms with Crippen molar-refractivity contribution in [3.63, 3.8) is 0 Å². The predicted molar refractivity (Wildman–Crippen MR) is 139 cm³/mol. The number of alkyl halides is 1. The number of phenols is 1. The van der Waals surface area contributed by atoms with Crippen LogP contribution in [0.15, 0.2) is 18.2 Å². The summed E-state index contributed by atoms with van der Waals surface area (Å²) in [5.74, 6) is 1.29. The van der Waals surface area contributed by atoms with E-state index in [0.29, 0.717) is 17.8 Å². The second-order valence-electron chi connectivity index (χ2n) is 11.2. The number of hydrogen-bond acceptors (Lipinski definition) is 4. The van der Waals surface area contributed by atoms with E-state index in [9.17, 15) is 14.7 Å². The van der Waals surface area contributed by atoms with Crippen LogP contribution in [0.3, 0.4) is 0 Å². The van der Waals surface area contributed by atoms with Gasteiger partial charge in [0.1, 0.15) is 11.9 Å². The fourth-order valence-corrected chi connectivity index (χ4v) is 7.98. The predicted octanol–water partition coefficient (Wildman–Crippen LogP) is 7.56. The van der Waals surface area contributed by atoms with Gasteiger partial charge in [-0.3, -0.25) is 9.59 Å². The number of ether oxygens (including phenoxy) is 1. The molecule has 0 amide bonds. The number of phenolic OH excluding ortho intramolecular Hbond substituents is 1. The summed E-state index contributed by atoms with van der Waals surface area (Å²) < 4.78 is 5.80. The molecule has 188 valence electrons. The second kappa shape index (κ2) is 11.1. The highest BCUT2D eigenvalue weighted by Crippen LogP contribution is 2.63. The number of benzene rings is 1. The van der Waals surface area contributed by atoms with Gasteiger partial charge in [0, 0.05) is 29.2 Å². The molecule has 2 fully saturated rings. The first-order chi connectivity index (χ1) is 16.4. The van der Waals surface area contributed by atoms with Crippen LogP contribution in [0.25, 0.3) is 0 Å². The van der Waals surface area contributed by atoms with Crippen LogP contribution in [0.4, 0.5) is 0 Å². The van der Waals surface area contributed by atoms with Gasteiger partial charge in [0.15, 0.2) is 5.78 Å². The monoisotopic (exact) mass is 532 g/mol. The number of Topliss-reactive ketones (excluding diaryl/α,β-unsaturated/α-hetero) is 1. The van der Waals surface area contributed by atoms with E-state index in [0.717, 1.165) is 55.0 Å². The Morgan fingerprint density at radius 2 is 1.79 bits per heavy atom. The maximum atomic E-state index is 13.8. The molecule has 0 bridgehead atoms. The Labute approximate surface area is 213 Å². The molecule has 0 spiro atoms. The summed E-state index contributed by atoms with van der Waals surface area (Å²) in [6, 6.07) is 5.43. The van der Waals surface area contributed by atoms with Crippen LogP contribution >= 0.6 is 15.9 Å². The molecule has 0 aliphatic heterocycles. The van der Waals surface area contributed by atoms with Gasteiger partial charge in [-0.1, -0.05) is 67.4 Å². The van der Waals surface area contributed by atoms with E-state index in [1.807, 2.05) is 6.07 Å². The fraction of sp³-hybridized carbons (Fsp3) is 0.724. The Kier molecular flexibility index (Phi) is 8.43. The van der Waals surface area contributed by atoms with E-state index in [1.54, 1.807) is 12.1 Å². The first-order valence-corrected chi connectivity index (χ1v) is 14.6. The number of carbonyl (C=O) groups excluding carboxylic acids is 2. The van der Waals surface area contributed by atoms with E-state index in [1.165, 1.54) is 45.4 Å². The number of rotatable bonds is 10. The molecule has 0 unspecified atom stereocenters. The summed E-state index contributed by atoms with van der Waals surface area (Å²) in [6.45, 7) is 3.81. The van der Waals surface area contributed by atoms with Crippen LogP contribution in [0.1, 0.15) is 113 Å². The Balaban J connectivity index is 1.52.